The summed E-state index contributed by atoms with van der Waals surface area (Å²) in [7, 11) is 0.402. The average molecular weight is 518 g/mol. The Kier molecular flexibility index (Phi) is 6.02. The molecule has 1 aliphatic carbocycles. The van der Waals surface area contributed by atoms with Crippen LogP contribution in [-0.4, -0.2) is 13.5 Å². The molecule has 0 bridgehead atoms. The highest BCUT2D eigenvalue weighted by Gasteiger charge is 2.48. The SMILES string of the molecule is C=CCC1(S(=O)Nc2cc(C)c(=O)n(C)c2Nc2ccc(I)cc2Cl)CC1. The molecular weight excluding hydrogens is 497 g/mol. The van der Waals surface area contributed by atoms with Crippen molar-refractivity contribution in [3.05, 3.63) is 61.4 Å². The van der Waals surface area contributed by atoms with Gasteiger partial charge in [-0.2, -0.15) is 0 Å². The minimum absolute atomic E-state index is 0.123. The van der Waals surface area contributed by atoms with Crippen molar-refractivity contribution in [3.8, 4) is 0 Å². The smallest absolute Gasteiger partial charge is 0.254 e. The Morgan fingerprint density at radius 1 is 1.37 bits per heavy atom. The van der Waals surface area contributed by atoms with Crippen molar-refractivity contribution in [2.45, 2.75) is 30.9 Å². The van der Waals surface area contributed by atoms with E-state index >= 15 is 0 Å². The quantitative estimate of drug-likeness (QED) is 0.406. The highest BCUT2D eigenvalue weighted by Crippen LogP contribution is 2.45. The van der Waals surface area contributed by atoms with Gasteiger partial charge in [-0.15, -0.1) is 6.58 Å². The number of rotatable bonds is 7. The molecule has 3 rings (SSSR count). The Labute approximate surface area is 179 Å². The summed E-state index contributed by atoms with van der Waals surface area (Å²) in [5, 5.41) is 3.77. The van der Waals surface area contributed by atoms with Crippen molar-refractivity contribution in [3.63, 3.8) is 0 Å². The molecule has 0 aliphatic heterocycles. The molecule has 0 saturated heterocycles. The molecule has 1 atom stereocenters. The van der Waals surface area contributed by atoms with Gasteiger partial charge in [-0.05, 0) is 73.0 Å². The summed E-state index contributed by atoms with van der Waals surface area (Å²) < 4.78 is 18.3. The summed E-state index contributed by atoms with van der Waals surface area (Å²) >= 11 is 8.53. The zero-order chi connectivity index (χ0) is 19.8. The van der Waals surface area contributed by atoms with Crippen molar-refractivity contribution in [1.29, 1.82) is 0 Å². The highest BCUT2D eigenvalue weighted by atomic mass is 127. The van der Waals surface area contributed by atoms with E-state index in [0.717, 1.165) is 16.4 Å². The first-order valence-electron chi connectivity index (χ1n) is 8.49. The van der Waals surface area contributed by atoms with Crippen LogP contribution in [0.1, 0.15) is 24.8 Å². The van der Waals surface area contributed by atoms with Crippen molar-refractivity contribution < 1.29 is 4.21 Å². The molecule has 2 N–H and O–H groups in total. The van der Waals surface area contributed by atoms with E-state index < -0.39 is 11.0 Å². The molecule has 0 spiro atoms. The predicted octanol–water partition coefficient (Wildman–Crippen LogP) is 4.88. The van der Waals surface area contributed by atoms with Crippen LogP contribution in [0.25, 0.3) is 0 Å². The lowest BCUT2D eigenvalue weighted by molar-refractivity contribution is 0.671. The Morgan fingerprint density at radius 2 is 2.07 bits per heavy atom. The summed E-state index contributed by atoms with van der Waals surface area (Å²) in [6, 6.07) is 7.35. The number of hydrogen-bond acceptors (Lipinski definition) is 3. The summed E-state index contributed by atoms with van der Waals surface area (Å²) in [4.78, 5) is 12.4. The van der Waals surface area contributed by atoms with Crippen molar-refractivity contribution in [2.24, 2.45) is 7.05 Å². The Morgan fingerprint density at radius 3 is 2.67 bits per heavy atom. The number of allylic oxidation sites excluding steroid dienone is 1. The Balaban J connectivity index is 1.99. The van der Waals surface area contributed by atoms with E-state index in [9.17, 15) is 9.00 Å². The molecule has 1 aliphatic rings. The molecule has 0 amide bonds. The fourth-order valence-corrected chi connectivity index (χ4v) is 5.13. The molecule has 1 unspecified atom stereocenters. The molecule has 2 aromatic rings. The van der Waals surface area contributed by atoms with E-state index in [0.29, 0.717) is 34.2 Å². The average Bonchev–Trinajstić information content (AvgIpc) is 3.39. The van der Waals surface area contributed by atoms with Gasteiger partial charge in [0.15, 0.2) is 0 Å². The van der Waals surface area contributed by atoms with Crippen LogP contribution in [0.15, 0.2) is 41.7 Å². The zero-order valence-corrected chi connectivity index (χ0v) is 18.9. The first kappa shape index (κ1) is 20.4. The van der Waals surface area contributed by atoms with E-state index in [1.807, 2.05) is 24.3 Å². The van der Waals surface area contributed by atoms with Gasteiger partial charge >= 0.3 is 0 Å². The Bertz CT molecular complexity index is 986. The van der Waals surface area contributed by atoms with Crippen molar-refractivity contribution in [1.82, 2.24) is 4.57 Å². The van der Waals surface area contributed by atoms with Gasteiger partial charge in [0.05, 0.1) is 21.1 Å². The largest absolute Gasteiger partial charge is 0.339 e. The fourth-order valence-electron chi connectivity index (χ4n) is 2.92. The van der Waals surface area contributed by atoms with Gasteiger partial charge in [0.2, 0.25) is 0 Å². The molecule has 1 aromatic carbocycles. The summed E-state index contributed by atoms with van der Waals surface area (Å²) in [6.07, 6.45) is 4.30. The van der Waals surface area contributed by atoms with Crippen LogP contribution < -0.4 is 15.6 Å². The van der Waals surface area contributed by atoms with Gasteiger partial charge in [-0.3, -0.25) is 9.36 Å². The van der Waals surface area contributed by atoms with Crippen LogP contribution in [0.5, 0.6) is 0 Å². The minimum Gasteiger partial charge on any atom is -0.339 e. The van der Waals surface area contributed by atoms with Crippen molar-refractivity contribution in [2.75, 3.05) is 10.0 Å². The summed E-state index contributed by atoms with van der Waals surface area (Å²) in [5.74, 6) is 0.525. The number of pyridine rings is 1. The van der Waals surface area contributed by atoms with Gasteiger partial charge < -0.3 is 10.0 Å². The lowest BCUT2D eigenvalue weighted by Gasteiger charge is -2.20. The molecule has 1 aromatic heterocycles. The second-order valence-electron chi connectivity index (χ2n) is 6.75. The number of aromatic nitrogens is 1. The van der Waals surface area contributed by atoms with Crippen LogP contribution >= 0.6 is 34.2 Å². The number of benzene rings is 1. The van der Waals surface area contributed by atoms with E-state index in [-0.39, 0.29) is 10.3 Å². The second-order valence-corrected chi connectivity index (χ2v) is 10.0. The maximum Gasteiger partial charge on any atom is 0.254 e. The first-order chi connectivity index (χ1) is 12.8. The summed E-state index contributed by atoms with van der Waals surface area (Å²) in [5.41, 5.74) is 1.74. The lowest BCUT2D eigenvalue weighted by atomic mass is 10.2. The first-order valence-corrected chi connectivity index (χ1v) is 11.1. The van der Waals surface area contributed by atoms with E-state index in [1.165, 1.54) is 4.57 Å². The highest BCUT2D eigenvalue weighted by molar-refractivity contribution is 14.1. The van der Waals surface area contributed by atoms with Gasteiger partial charge in [-0.25, -0.2) is 4.21 Å². The fraction of sp³-hybridized carbons (Fsp3) is 0.316. The van der Waals surface area contributed by atoms with Gasteiger partial charge in [-0.1, -0.05) is 17.7 Å². The van der Waals surface area contributed by atoms with Gasteiger partial charge in [0.25, 0.3) is 5.56 Å². The number of aryl methyl sites for hydroxylation is 1. The molecule has 1 heterocycles. The predicted molar refractivity (Wildman–Crippen MR) is 122 cm³/mol. The third-order valence-corrected chi connectivity index (χ3v) is 7.45. The Hall–Kier alpha value is -1.32. The lowest BCUT2D eigenvalue weighted by Crippen LogP contribution is -2.27. The molecule has 0 radical (unpaired) electrons. The molecular formula is C19H21ClIN3O2S. The number of hydrogen-bond donors (Lipinski definition) is 2. The van der Waals surface area contributed by atoms with E-state index in [2.05, 4.69) is 39.2 Å². The third kappa shape index (κ3) is 4.25. The molecule has 27 heavy (non-hydrogen) atoms. The third-order valence-electron chi connectivity index (χ3n) is 4.70. The second kappa shape index (κ2) is 7.97. The van der Waals surface area contributed by atoms with Crippen LogP contribution in [0, 0.1) is 10.5 Å². The zero-order valence-electron chi connectivity index (χ0n) is 15.1. The molecule has 1 fully saturated rings. The molecule has 5 nitrogen and oxygen atoms in total. The van der Waals surface area contributed by atoms with E-state index in [4.69, 9.17) is 11.6 Å². The topological polar surface area (TPSA) is 63.1 Å². The number of nitrogens with zero attached hydrogens (tertiary/aromatic N) is 1. The molecule has 144 valence electrons. The monoisotopic (exact) mass is 517 g/mol. The van der Waals surface area contributed by atoms with Crippen molar-refractivity contribution >= 4 is 62.4 Å². The number of nitrogens with one attached hydrogen (secondary N) is 2. The summed E-state index contributed by atoms with van der Waals surface area (Å²) in [6.45, 7) is 5.51. The van der Waals surface area contributed by atoms with E-state index in [1.54, 1.807) is 20.0 Å². The minimum atomic E-state index is -1.28. The van der Waals surface area contributed by atoms with Crippen LogP contribution in [-0.2, 0) is 18.0 Å². The maximum absolute atomic E-state index is 12.9. The van der Waals surface area contributed by atoms with Crippen LogP contribution in [0.2, 0.25) is 5.02 Å². The normalized spacial score (nSPS) is 15.9. The molecule has 8 heteroatoms. The van der Waals surface area contributed by atoms with Gasteiger partial charge in [0, 0.05) is 16.2 Å². The number of halogens is 2. The molecule has 1 saturated carbocycles. The van der Waals surface area contributed by atoms with Crippen LogP contribution in [0.4, 0.5) is 17.2 Å². The maximum atomic E-state index is 12.9. The standard InChI is InChI=1S/C19H21ClIN3O2S/c1-4-7-19(8-9-19)27(26)23-16-10-12(2)18(25)24(3)17(16)22-15-6-5-13(21)11-14(15)20/h4-6,10-11,22-23H,1,7-9H2,2-3H3. The van der Waals surface area contributed by atoms with Gasteiger partial charge in [0.1, 0.15) is 16.8 Å². The van der Waals surface area contributed by atoms with Crippen LogP contribution in [0.3, 0.4) is 0 Å². The number of anilines is 3.